The normalized spacial score (nSPS) is 27.1. The molecule has 2 amide bonds. The topological polar surface area (TPSA) is 43.9 Å². The van der Waals surface area contributed by atoms with Gasteiger partial charge in [0.1, 0.15) is 0 Å². The lowest BCUT2D eigenvalue weighted by atomic mass is 9.83. The van der Waals surface area contributed by atoms with E-state index in [2.05, 4.69) is 43.0 Å². The van der Waals surface area contributed by atoms with Gasteiger partial charge in [-0.2, -0.15) is 13.2 Å². The maximum absolute atomic E-state index is 13.6. The third kappa shape index (κ3) is 5.83. The van der Waals surface area contributed by atoms with Crippen molar-refractivity contribution in [3.8, 4) is 0 Å². The molecule has 5 nitrogen and oxygen atoms in total. The molecule has 0 bridgehead atoms. The standard InChI is InChI=1S/C30H34F3N3O2S/c1-19-4-11-24(12-5-19)36-15-14-35(18-20(36)2)28(37)22-8-13-26-25(17-22)34(3)29(38)27(39-26)16-21-6-9-23(10-7-21)30(31,32)33/h4-7,9-12,16,20,22,25-26H,8,13-15,17-18H2,1-3H3/b27-16-. The van der Waals surface area contributed by atoms with E-state index in [-0.39, 0.29) is 35.1 Å². The lowest BCUT2D eigenvalue weighted by molar-refractivity contribution is -0.139. The molecule has 1 saturated carbocycles. The summed E-state index contributed by atoms with van der Waals surface area (Å²) in [4.78, 5) is 33.4. The van der Waals surface area contributed by atoms with E-state index in [4.69, 9.17) is 0 Å². The first-order valence-corrected chi connectivity index (χ1v) is 14.3. The molecule has 0 N–H and O–H groups in total. The van der Waals surface area contributed by atoms with Crippen molar-refractivity contribution in [1.82, 2.24) is 9.80 Å². The molecule has 5 rings (SSSR count). The number of carbonyl (C=O) groups is 2. The van der Waals surface area contributed by atoms with Gasteiger partial charge in [0.2, 0.25) is 5.91 Å². The number of nitrogens with zero attached hydrogens (tertiary/aromatic N) is 3. The van der Waals surface area contributed by atoms with Crippen molar-refractivity contribution >= 4 is 35.3 Å². The first-order chi connectivity index (χ1) is 18.5. The van der Waals surface area contributed by atoms with Crippen molar-refractivity contribution in [3.63, 3.8) is 0 Å². The maximum Gasteiger partial charge on any atom is 0.416 e. The van der Waals surface area contributed by atoms with Gasteiger partial charge < -0.3 is 14.7 Å². The zero-order chi connectivity index (χ0) is 27.9. The Morgan fingerprint density at radius 3 is 2.36 bits per heavy atom. The summed E-state index contributed by atoms with van der Waals surface area (Å²) in [7, 11) is 1.77. The Labute approximate surface area is 232 Å². The Kier molecular flexibility index (Phi) is 7.73. The molecule has 4 unspecified atom stereocenters. The van der Waals surface area contributed by atoms with Crippen molar-refractivity contribution in [2.45, 2.75) is 56.6 Å². The third-order valence-electron chi connectivity index (χ3n) is 8.25. The highest BCUT2D eigenvalue weighted by Crippen LogP contribution is 2.44. The van der Waals surface area contributed by atoms with E-state index in [9.17, 15) is 22.8 Å². The molecule has 0 aromatic heterocycles. The van der Waals surface area contributed by atoms with E-state index in [1.807, 2.05) is 4.90 Å². The number of aryl methyl sites for hydroxylation is 1. The number of hydrogen-bond donors (Lipinski definition) is 0. The molecule has 2 aromatic rings. The van der Waals surface area contributed by atoms with Crippen LogP contribution < -0.4 is 4.90 Å². The molecule has 2 saturated heterocycles. The fourth-order valence-electron chi connectivity index (χ4n) is 5.98. The van der Waals surface area contributed by atoms with Crippen molar-refractivity contribution in [3.05, 3.63) is 70.1 Å². The van der Waals surface area contributed by atoms with E-state index >= 15 is 0 Å². The summed E-state index contributed by atoms with van der Waals surface area (Å²) >= 11 is 1.50. The smallest absolute Gasteiger partial charge is 0.365 e. The minimum absolute atomic E-state index is 0.0405. The minimum Gasteiger partial charge on any atom is -0.365 e. The predicted octanol–water partition coefficient (Wildman–Crippen LogP) is 5.83. The van der Waals surface area contributed by atoms with Crippen LogP contribution in [-0.2, 0) is 15.8 Å². The molecule has 39 heavy (non-hydrogen) atoms. The molecule has 2 aromatic carbocycles. The maximum atomic E-state index is 13.6. The Morgan fingerprint density at radius 2 is 1.72 bits per heavy atom. The summed E-state index contributed by atoms with van der Waals surface area (Å²) in [6.07, 6.45) is -0.496. The van der Waals surface area contributed by atoms with Crippen LogP contribution in [0.4, 0.5) is 18.9 Å². The molecule has 208 valence electrons. The highest BCUT2D eigenvalue weighted by atomic mass is 32.2. The van der Waals surface area contributed by atoms with E-state index < -0.39 is 11.7 Å². The van der Waals surface area contributed by atoms with Crippen molar-refractivity contribution in [2.24, 2.45) is 5.92 Å². The second-order valence-electron chi connectivity index (χ2n) is 10.9. The number of thioether (sulfide) groups is 1. The van der Waals surface area contributed by atoms with Gasteiger partial charge >= 0.3 is 6.18 Å². The average molecular weight is 558 g/mol. The van der Waals surface area contributed by atoms with Gasteiger partial charge in [0.25, 0.3) is 5.91 Å². The third-order valence-corrected chi connectivity index (χ3v) is 9.65. The van der Waals surface area contributed by atoms with Crippen LogP contribution in [0.15, 0.2) is 53.4 Å². The van der Waals surface area contributed by atoms with Crippen LogP contribution in [0.2, 0.25) is 0 Å². The highest BCUT2D eigenvalue weighted by molar-refractivity contribution is 8.04. The van der Waals surface area contributed by atoms with Crippen molar-refractivity contribution in [2.75, 3.05) is 31.6 Å². The number of carbonyl (C=O) groups excluding carboxylic acids is 2. The Bertz CT molecular complexity index is 1250. The second kappa shape index (κ2) is 10.9. The number of anilines is 1. The molecule has 2 aliphatic heterocycles. The minimum atomic E-state index is -4.39. The SMILES string of the molecule is Cc1ccc(N2CCN(C(=O)C3CCC4S/C(=C\c5ccc(C(F)(F)F)cc5)C(=O)N(C)C4C3)CC2C)cc1. The summed E-state index contributed by atoms with van der Waals surface area (Å²) in [6.45, 7) is 6.39. The second-order valence-corrected chi connectivity index (χ2v) is 12.2. The van der Waals surface area contributed by atoms with E-state index in [0.29, 0.717) is 30.0 Å². The summed E-state index contributed by atoms with van der Waals surface area (Å²) in [5, 5.41) is 0.162. The molecule has 4 atom stereocenters. The quantitative estimate of drug-likeness (QED) is 0.445. The average Bonchev–Trinajstić information content (AvgIpc) is 2.91. The number of benzene rings is 2. The van der Waals surface area contributed by atoms with Gasteiger partial charge in [-0.1, -0.05) is 29.8 Å². The van der Waals surface area contributed by atoms with Gasteiger partial charge in [0.15, 0.2) is 0 Å². The zero-order valence-electron chi connectivity index (χ0n) is 22.4. The molecule has 9 heteroatoms. The van der Waals surface area contributed by atoms with E-state index in [1.54, 1.807) is 18.0 Å². The Hall–Kier alpha value is -2.94. The lowest BCUT2D eigenvalue weighted by Gasteiger charge is -2.46. The van der Waals surface area contributed by atoms with Gasteiger partial charge in [0.05, 0.1) is 10.5 Å². The summed E-state index contributed by atoms with van der Waals surface area (Å²) in [6, 6.07) is 13.5. The van der Waals surface area contributed by atoms with E-state index in [1.165, 1.54) is 35.1 Å². The number of hydrogen-bond acceptors (Lipinski definition) is 4. The van der Waals surface area contributed by atoms with Gasteiger partial charge in [-0.05, 0) is 69.0 Å². The molecule has 3 fully saturated rings. The molecule has 0 radical (unpaired) electrons. The summed E-state index contributed by atoms with van der Waals surface area (Å²) in [5.74, 6) is -0.0731. The van der Waals surface area contributed by atoms with Crippen molar-refractivity contribution in [1.29, 1.82) is 0 Å². The van der Waals surface area contributed by atoms with E-state index in [0.717, 1.165) is 31.5 Å². The number of piperazine rings is 1. The number of halogens is 3. The fraction of sp³-hybridized carbons (Fsp3) is 0.467. The first kappa shape index (κ1) is 27.6. The van der Waals surface area contributed by atoms with Gasteiger partial charge in [-0.25, -0.2) is 0 Å². The first-order valence-electron chi connectivity index (χ1n) is 13.5. The summed E-state index contributed by atoms with van der Waals surface area (Å²) < 4.78 is 38.7. The van der Waals surface area contributed by atoms with Gasteiger partial charge in [-0.15, -0.1) is 11.8 Å². The molecule has 2 heterocycles. The lowest BCUT2D eigenvalue weighted by Crippen LogP contribution is -2.57. The molecular weight excluding hydrogens is 523 g/mol. The number of alkyl halides is 3. The van der Waals surface area contributed by atoms with Crippen molar-refractivity contribution < 1.29 is 22.8 Å². The fourth-order valence-corrected chi connectivity index (χ4v) is 7.46. The summed E-state index contributed by atoms with van der Waals surface area (Å²) in [5.41, 5.74) is 2.26. The number of fused-ring (bicyclic) bond motifs is 1. The van der Waals surface area contributed by atoms with Crippen LogP contribution in [0.3, 0.4) is 0 Å². The van der Waals surface area contributed by atoms with Crippen LogP contribution in [-0.4, -0.2) is 65.6 Å². The van der Waals surface area contributed by atoms with Crippen LogP contribution in [0.25, 0.3) is 6.08 Å². The Balaban J connectivity index is 1.21. The molecule has 0 spiro atoms. The predicted molar refractivity (Wildman–Crippen MR) is 149 cm³/mol. The number of rotatable bonds is 3. The Morgan fingerprint density at radius 1 is 1.03 bits per heavy atom. The molecular formula is C30H34F3N3O2S. The molecule has 3 aliphatic rings. The number of likely N-dealkylation sites (N-methyl/N-ethyl adjacent to an activating group) is 1. The van der Waals surface area contributed by atoms with Crippen LogP contribution in [0, 0.1) is 12.8 Å². The van der Waals surface area contributed by atoms with Crippen LogP contribution >= 0.6 is 11.8 Å². The van der Waals surface area contributed by atoms with Crippen LogP contribution in [0.1, 0.15) is 42.9 Å². The molecule has 1 aliphatic carbocycles. The largest absolute Gasteiger partial charge is 0.416 e. The van der Waals surface area contributed by atoms with Crippen LogP contribution in [0.5, 0.6) is 0 Å². The van der Waals surface area contributed by atoms with Gasteiger partial charge in [-0.3, -0.25) is 9.59 Å². The monoisotopic (exact) mass is 557 g/mol. The number of amides is 2. The zero-order valence-corrected chi connectivity index (χ0v) is 23.3. The highest BCUT2D eigenvalue weighted by Gasteiger charge is 2.44. The van der Waals surface area contributed by atoms with Gasteiger partial charge in [0, 0.05) is 55.6 Å².